The van der Waals surface area contributed by atoms with Gasteiger partial charge in [-0.25, -0.2) is 9.37 Å². The number of nitrogens with zero attached hydrogens (tertiary/aromatic N) is 3. The van der Waals surface area contributed by atoms with Crippen molar-refractivity contribution >= 4 is 51.3 Å². The third-order valence-corrected chi connectivity index (χ3v) is 6.39. The molecule has 0 aliphatic rings. The maximum atomic E-state index is 13.3. The topological polar surface area (TPSA) is 85.6 Å². The summed E-state index contributed by atoms with van der Waals surface area (Å²) in [5, 5.41) is 7.61. The Kier molecular flexibility index (Phi) is 7.55. The summed E-state index contributed by atoms with van der Waals surface area (Å²) in [5.74, 6) is 0.212. The van der Waals surface area contributed by atoms with E-state index in [2.05, 4.69) is 33.0 Å². The number of fused-ring (bicyclic) bond motifs is 1. The van der Waals surface area contributed by atoms with Crippen LogP contribution in [-0.4, -0.2) is 28.4 Å². The number of halogens is 2. The fourth-order valence-electron chi connectivity index (χ4n) is 3.72. The zero-order valence-corrected chi connectivity index (χ0v) is 22.0. The van der Waals surface area contributed by atoms with Gasteiger partial charge in [-0.1, -0.05) is 42.5 Å². The van der Waals surface area contributed by atoms with E-state index in [-0.39, 0.29) is 23.9 Å². The van der Waals surface area contributed by atoms with Crippen LogP contribution in [0.1, 0.15) is 5.56 Å². The molecule has 0 aliphatic carbocycles. The first kappa shape index (κ1) is 25.3. The fourth-order valence-corrected chi connectivity index (χ4v) is 4.41. The van der Waals surface area contributed by atoms with Gasteiger partial charge in [0.15, 0.2) is 12.4 Å². The van der Waals surface area contributed by atoms with E-state index < -0.39 is 0 Å². The van der Waals surface area contributed by atoms with Crippen LogP contribution in [0.15, 0.2) is 107 Å². The van der Waals surface area contributed by atoms with E-state index in [0.717, 1.165) is 14.7 Å². The van der Waals surface area contributed by atoms with Crippen LogP contribution in [-0.2, 0) is 4.79 Å². The number of para-hydroxylation sites is 1. The summed E-state index contributed by atoms with van der Waals surface area (Å²) in [6.45, 7) is -0.209. The van der Waals surface area contributed by atoms with Crippen molar-refractivity contribution in [1.29, 1.82) is 0 Å². The first-order valence-electron chi connectivity index (χ1n) is 11.6. The number of hydrogen-bond donors (Lipinski definition) is 1. The van der Waals surface area contributed by atoms with Crippen molar-refractivity contribution in [2.24, 2.45) is 5.10 Å². The predicted octanol–water partition coefficient (Wildman–Crippen LogP) is 5.71. The highest BCUT2D eigenvalue weighted by Gasteiger charge is 2.12. The van der Waals surface area contributed by atoms with Crippen molar-refractivity contribution in [1.82, 2.24) is 9.66 Å². The molecule has 0 bridgehead atoms. The van der Waals surface area contributed by atoms with Crippen molar-refractivity contribution < 1.29 is 13.9 Å². The van der Waals surface area contributed by atoms with E-state index in [1.165, 1.54) is 28.9 Å². The lowest BCUT2D eigenvalue weighted by atomic mass is 10.2. The molecule has 1 heterocycles. The molecule has 5 aromatic rings. The zero-order valence-electron chi connectivity index (χ0n) is 19.8. The molecule has 5 rings (SSSR count). The van der Waals surface area contributed by atoms with Gasteiger partial charge in [-0.15, -0.1) is 0 Å². The number of nitrogens with one attached hydrogen (secondary N) is 1. The maximum absolute atomic E-state index is 13.3. The smallest absolute Gasteiger partial charge is 0.282 e. The van der Waals surface area contributed by atoms with Crippen LogP contribution in [0.5, 0.6) is 5.75 Å². The van der Waals surface area contributed by atoms with E-state index in [9.17, 15) is 14.0 Å². The van der Waals surface area contributed by atoms with Gasteiger partial charge in [-0.2, -0.15) is 9.78 Å². The SMILES string of the molecule is O=C(COc1ccc(C=Nn2c(-c3ccccc3)nc3ccccc3c2=O)cc1I)Nc1ccc(F)cc1. The Balaban J connectivity index is 1.36. The van der Waals surface area contributed by atoms with Gasteiger partial charge in [0.2, 0.25) is 0 Å². The molecule has 9 heteroatoms. The summed E-state index contributed by atoms with van der Waals surface area (Å²) < 4.78 is 20.7. The van der Waals surface area contributed by atoms with Crippen LogP contribution < -0.4 is 15.6 Å². The molecule has 7 nitrogen and oxygen atoms in total. The molecule has 188 valence electrons. The van der Waals surface area contributed by atoms with Crippen LogP contribution >= 0.6 is 22.6 Å². The third kappa shape index (κ3) is 5.78. The fraction of sp³-hybridized carbons (Fsp3) is 0.0345. The number of amides is 1. The van der Waals surface area contributed by atoms with Crippen LogP contribution in [0, 0.1) is 9.39 Å². The summed E-state index contributed by atoms with van der Waals surface area (Å²) in [7, 11) is 0. The maximum Gasteiger partial charge on any atom is 0.282 e. The molecule has 0 spiro atoms. The highest BCUT2D eigenvalue weighted by atomic mass is 127. The van der Waals surface area contributed by atoms with Gasteiger partial charge in [-0.05, 0) is 82.8 Å². The molecule has 0 fully saturated rings. The molecule has 0 unspecified atom stereocenters. The molecule has 0 saturated heterocycles. The van der Waals surface area contributed by atoms with Gasteiger partial charge in [0.25, 0.3) is 11.5 Å². The quantitative estimate of drug-likeness (QED) is 0.187. The molecule has 1 amide bonds. The van der Waals surface area contributed by atoms with Gasteiger partial charge in [0, 0.05) is 11.3 Å². The summed E-state index contributed by atoms with van der Waals surface area (Å²) >= 11 is 2.11. The third-order valence-electron chi connectivity index (χ3n) is 5.55. The van der Waals surface area contributed by atoms with E-state index >= 15 is 0 Å². The first-order valence-corrected chi connectivity index (χ1v) is 12.7. The largest absolute Gasteiger partial charge is 0.483 e. The molecule has 0 atom stereocenters. The predicted molar refractivity (Wildman–Crippen MR) is 154 cm³/mol. The highest BCUT2D eigenvalue weighted by Crippen LogP contribution is 2.22. The lowest BCUT2D eigenvalue weighted by molar-refractivity contribution is -0.118. The Labute approximate surface area is 230 Å². The normalized spacial score (nSPS) is 11.1. The van der Waals surface area contributed by atoms with Crippen LogP contribution in [0.25, 0.3) is 22.3 Å². The summed E-state index contributed by atoms with van der Waals surface area (Å²) in [6.07, 6.45) is 1.58. The first-order chi connectivity index (χ1) is 18.5. The summed E-state index contributed by atoms with van der Waals surface area (Å²) in [4.78, 5) is 30.2. The Morgan fingerprint density at radius 2 is 1.74 bits per heavy atom. The Hall–Kier alpha value is -4.38. The summed E-state index contributed by atoms with van der Waals surface area (Å²) in [5.41, 5.74) is 2.31. The average Bonchev–Trinajstić information content (AvgIpc) is 2.94. The second-order valence-corrected chi connectivity index (χ2v) is 9.38. The lowest BCUT2D eigenvalue weighted by Crippen LogP contribution is -2.20. The molecule has 0 saturated carbocycles. The van der Waals surface area contributed by atoms with Gasteiger partial charge >= 0.3 is 0 Å². The Morgan fingerprint density at radius 3 is 2.50 bits per heavy atom. The monoisotopic (exact) mass is 618 g/mol. The van der Waals surface area contributed by atoms with Gasteiger partial charge in [0.1, 0.15) is 11.6 Å². The number of benzene rings is 4. The standard InChI is InChI=1S/C29H20FIN4O3/c30-21-11-13-22(14-12-21)33-27(36)18-38-26-15-10-19(16-24(26)31)17-32-35-28(20-6-2-1-3-7-20)34-25-9-5-4-8-23(25)29(35)37/h1-17H,18H2,(H,33,36). The minimum Gasteiger partial charge on any atom is -0.483 e. The molecule has 0 radical (unpaired) electrons. The van der Waals surface area contributed by atoms with Crippen LogP contribution in [0.2, 0.25) is 0 Å². The van der Waals surface area contributed by atoms with Crippen LogP contribution in [0.3, 0.4) is 0 Å². The molecule has 4 aromatic carbocycles. The lowest BCUT2D eigenvalue weighted by Gasteiger charge is -2.10. The number of ether oxygens (including phenoxy) is 1. The van der Waals surface area contributed by atoms with E-state index in [0.29, 0.717) is 28.2 Å². The number of anilines is 1. The van der Waals surface area contributed by atoms with Crippen molar-refractivity contribution in [3.63, 3.8) is 0 Å². The number of rotatable bonds is 7. The minimum absolute atomic E-state index is 0.209. The second-order valence-electron chi connectivity index (χ2n) is 8.21. The van der Waals surface area contributed by atoms with Crippen molar-refractivity contribution in [3.8, 4) is 17.1 Å². The second kappa shape index (κ2) is 11.3. The highest BCUT2D eigenvalue weighted by molar-refractivity contribution is 14.1. The Morgan fingerprint density at radius 1 is 1.00 bits per heavy atom. The van der Waals surface area contributed by atoms with Gasteiger partial charge < -0.3 is 10.1 Å². The van der Waals surface area contributed by atoms with E-state index in [1.54, 1.807) is 36.5 Å². The van der Waals surface area contributed by atoms with Gasteiger partial charge in [0.05, 0.1) is 20.7 Å². The van der Waals surface area contributed by atoms with E-state index in [4.69, 9.17) is 9.72 Å². The van der Waals surface area contributed by atoms with Gasteiger partial charge in [-0.3, -0.25) is 9.59 Å². The molecule has 38 heavy (non-hydrogen) atoms. The molecule has 1 aromatic heterocycles. The number of carbonyl (C=O) groups excluding carboxylic acids is 1. The van der Waals surface area contributed by atoms with Crippen molar-refractivity contribution in [3.05, 3.63) is 122 Å². The molecular weight excluding hydrogens is 598 g/mol. The van der Waals surface area contributed by atoms with E-state index in [1.807, 2.05) is 42.5 Å². The zero-order chi connectivity index (χ0) is 26.5. The number of carbonyl (C=O) groups is 1. The Bertz CT molecular complexity index is 1700. The molecular formula is C29H20FIN4O3. The summed E-state index contributed by atoms with van der Waals surface area (Å²) in [6, 6.07) is 27.4. The van der Waals surface area contributed by atoms with Crippen molar-refractivity contribution in [2.75, 3.05) is 11.9 Å². The molecule has 0 aliphatic heterocycles. The van der Waals surface area contributed by atoms with Crippen LogP contribution in [0.4, 0.5) is 10.1 Å². The minimum atomic E-state index is -0.379. The molecule has 1 N–H and O–H groups in total. The van der Waals surface area contributed by atoms with Crippen molar-refractivity contribution in [2.45, 2.75) is 0 Å². The number of aromatic nitrogens is 2. The average molecular weight is 618 g/mol. The number of hydrogen-bond acceptors (Lipinski definition) is 5.